The van der Waals surface area contributed by atoms with E-state index in [-0.39, 0.29) is 17.6 Å². The molecule has 0 spiro atoms. The number of carbonyl (C=O) groups excluding carboxylic acids is 1. The summed E-state index contributed by atoms with van der Waals surface area (Å²) >= 11 is 0. The molecule has 178 valence electrons. The molecule has 0 radical (unpaired) electrons. The molecule has 3 atom stereocenters. The molecule has 7 heteroatoms. The maximum atomic E-state index is 12.8. The highest BCUT2D eigenvalue weighted by molar-refractivity contribution is 5.82. The average Bonchev–Trinajstić information content (AvgIpc) is 3.30. The number of ether oxygens (including phenoxy) is 1. The maximum Gasteiger partial charge on any atom is 0.239 e. The Morgan fingerprint density at radius 1 is 1.06 bits per heavy atom. The molecule has 0 bridgehead atoms. The van der Waals surface area contributed by atoms with Crippen molar-refractivity contribution in [2.75, 3.05) is 59.0 Å². The number of carbonyl (C=O) groups is 1. The van der Waals surface area contributed by atoms with E-state index in [2.05, 4.69) is 49.7 Å². The van der Waals surface area contributed by atoms with E-state index in [1.54, 1.807) is 0 Å². The SMILES string of the molecule is CCNC(=NCC1CCCOC1C(C)(C)C)N1CCN(C(C)C(=O)N2CCCC2)CC1. The highest BCUT2D eigenvalue weighted by atomic mass is 16.5. The molecule has 3 aliphatic heterocycles. The molecule has 0 aliphatic carbocycles. The van der Waals surface area contributed by atoms with E-state index >= 15 is 0 Å². The Balaban J connectivity index is 1.56. The molecular formula is C24H45N5O2. The van der Waals surface area contributed by atoms with Gasteiger partial charge in [-0.2, -0.15) is 0 Å². The quantitative estimate of drug-likeness (QED) is 0.531. The zero-order valence-corrected chi connectivity index (χ0v) is 20.5. The van der Waals surface area contributed by atoms with Crippen LogP contribution in [0, 0.1) is 11.3 Å². The minimum absolute atomic E-state index is 0.0216. The van der Waals surface area contributed by atoms with Crippen molar-refractivity contribution in [3.05, 3.63) is 0 Å². The number of amides is 1. The van der Waals surface area contributed by atoms with Gasteiger partial charge in [-0.25, -0.2) is 0 Å². The first-order valence-electron chi connectivity index (χ1n) is 12.5. The van der Waals surface area contributed by atoms with Crippen molar-refractivity contribution in [1.29, 1.82) is 0 Å². The van der Waals surface area contributed by atoms with E-state index in [1.807, 2.05) is 4.90 Å². The molecule has 0 aromatic rings. The lowest BCUT2D eigenvalue weighted by atomic mass is 9.78. The average molecular weight is 436 g/mol. The van der Waals surface area contributed by atoms with Crippen molar-refractivity contribution in [2.45, 2.75) is 72.4 Å². The van der Waals surface area contributed by atoms with E-state index in [4.69, 9.17) is 9.73 Å². The molecule has 31 heavy (non-hydrogen) atoms. The van der Waals surface area contributed by atoms with Crippen LogP contribution in [-0.2, 0) is 9.53 Å². The fourth-order valence-electron chi connectivity index (χ4n) is 5.30. The highest BCUT2D eigenvalue weighted by Crippen LogP contribution is 2.34. The van der Waals surface area contributed by atoms with Crippen LogP contribution < -0.4 is 5.32 Å². The van der Waals surface area contributed by atoms with Gasteiger partial charge in [0, 0.05) is 64.9 Å². The van der Waals surface area contributed by atoms with Crippen LogP contribution in [0.25, 0.3) is 0 Å². The number of aliphatic imine (C=N–C) groups is 1. The number of nitrogens with one attached hydrogen (secondary N) is 1. The molecule has 7 nitrogen and oxygen atoms in total. The number of nitrogens with zero attached hydrogens (tertiary/aromatic N) is 4. The molecule has 3 rings (SSSR count). The molecule has 1 amide bonds. The fraction of sp³-hybridized carbons (Fsp3) is 0.917. The summed E-state index contributed by atoms with van der Waals surface area (Å²) in [6, 6.07) is -0.0216. The largest absolute Gasteiger partial charge is 0.377 e. The van der Waals surface area contributed by atoms with Crippen molar-refractivity contribution >= 4 is 11.9 Å². The number of likely N-dealkylation sites (tertiary alicyclic amines) is 1. The smallest absolute Gasteiger partial charge is 0.239 e. The molecule has 3 aliphatic rings. The van der Waals surface area contributed by atoms with E-state index in [1.165, 1.54) is 6.42 Å². The van der Waals surface area contributed by atoms with Gasteiger partial charge in [-0.3, -0.25) is 14.7 Å². The minimum Gasteiger partial charge on any atom is -0.377 e. The van der Waals surface area contributed by atoms with Crippen molar-refractivity contribution in [3.8, 4) is 0 Å². The van der Waals surface area contributed by atoms with Crippen LogP contribution in [0.15, 0.2) is 4.99 Å². The van der Waals surface area contributed by atoms with Gasteiger partial charge in [0.05, 0.1) is 12.1 Å². The molecule has 0 saturated carbocycles. The summed E-state index contributed by atoms with van der Waals surface area (Å²) in [6.07, 6.45) is 4.88. The third-order valence-corrected chi connectivity index (χ3v) is 7.05. The van der Waals surface area contributed by atoms with Crippen molar-refractivity contribution < 1.29 is 9.53 Å². The van der Waals surface area contributed by atoms with Gasteiger partial charge in [0.2, 0.25) is 5.91 Å². The second-order valence-electron chi connectivity index (χ2n) is 10.5. The lowest BCUT2D eigenvalue weighted by Gasteiger charge is -2.41. The molecular weight excluding hydrogens is 390 g/mol. The Morgan fingerprint density at radius 2 is 1.74 bits per heavy atom. The number of hydrogen-bond donors (Lipinski definition) is 1. The molecule has 0 aromatic heterocycles. The van der Waals surface area contributed by atoms with Gasteiger partial charge >= 0.3 is 0 Å². The van der Waals surface area contributed by atoms with Crippen molar-refractivity contribution in [3.63, 3.8) is 0 Å². The molecule has 0 aromatic carbocycles. The summed E-state index contributed by atoms with van der Waals surface area (Å²) in [4.78, 5) is 24.6. The summed E-state index contributed by atoms with van der Waals surface area (Å²) in [7, 11) is 0. The van der Waals surface area contributed by atoms with Gasteiger partial charge in [0.15, 0.2) is 5.96 Å². The van der Waals surface area contributed by atoms with Gasteiger partial charge in [0.1, 0.15) is 0 Å². The van der Waals surface area contributed by atoms with Crippen LogP contribution in [0.1, 0.15) is 60.3 Å². The number of rotatable bonds is 5. The van der Waals surface area contributed by atoms with Gasteiger partial charge < -0.3 is 19.9 Å². The lowest BCUT2D eigenvalue weighted by molar-refractivity contribution is -0.135. The van der Waals surface area contributed by atoms with Crippen molar-refractivity contribution in [1.82, 2.24) is 20.0 Å². The predicted octanol–water partition coefficient (Wildman–Crippen LogP) is 2.42. The second-order valence-corrected chi connectivity index (χ2v) is 10.5. The van der Waals surface area contributed by atoms with Crippen LogP contribution in [0.5, 0.6) is 0 Å². The van der Waals surface area contributed by atoms with E-state index in [0.717, 1.165) is 84.2 Å². The lowest BCUT2D eigenvalue weighted by Crippen LogP contribution is -2.57. The van der Waals surface area contributed by atoms with Gasteiger partial charge in [-0.15, -0.1) is 0 Å². The zero-order chi connectivity index (χ0) is 22.4. The number of piperazine rings is 1. The van der Waals surface area contributed by atoms with Crippen molar-refractivity contribution in [2.24, 2.45) is 16.3 Å². The highest BCUT2D eigenvalue weighted by Gasteiger charge is 2.35. The first-order valence-corrected chi connectivity index (χ1v) is 12.5. The van der Waals surface area contributed by atoms with Gasteiger partial charge in [0.25, 0.3) is 0 Å². The third-order valence-electron chi connectivity index (χ3n) is 7.05. The molecule has 3 unspecified atom stereocenters. The monoisotopic (exact) mass is 435 g/mol. The van der Waals surface area contributed by atoms with Gasteiger partial charge in [-0.05, 0) is 44.9 Å². The molecule has 1 N–H and O–H groups in total. The molecule has 3 saturated heterocycles. The summed E-state index contributed by atoms with van der Waals surface area (Å²) in [6.45, 7) is 19.1. The van der Waals surface area contributed by atoms with Crippen LogP contribution in [0.4, 0.5) is 0 Å². The zero-order valence-electron chi connectivity index (χ0n) is 20.5. The van der Waals surface area contributed by atoms with Crippen LogP contribution in [0.3, 0.4) is 0 Å². The summed E-state index contributed by atoms with van der Waals surface area (Å²) in [5.74, 6) is 1.79. The Labute approximate surface area is 189 Å². The van der Waals surface area contributed by atoms with E-state index in [9.17, 15) is 4.79 Å². The van der Waals surface area contributed by atoms with Crippen LogP contribution in [-0.4, -0.2) is 97.7 Å². The maximum absolute atomic E-state index is 12.8. The summed E-state index contributed by atoms with van der Waals surface area (Å²) in [5.41, 5.74) is 0.141. The van der Waals surface area contributed by atoms with E-state index in [0.29, 0.717) is 11.8 Å². The Kier molecular flexibility index (Phi) is 8.62. The Bertz CT molecular complexity index is 604. The van der Waals surface area contributed by atoms with Crippen LogP contribution in [0.2, 0.25) is 0 Å². The first kappa shape index (κ1) is 24.3. The van der Waals surface area contributed by atoms with Crippen LogP contribution >= 0.6 is 0 Å². The molecule has 3 fully saturated rings. The second kappa shape index (κ2) is 11.0. The standard InChI is InChI=1S/C24H45N5O2/c1-6-25-23(26-18-20-10-9-17-31-21(20)24(3,4)5)29-15-13-27(14-16-29)19(2)22(30)28-11-7-8-12-28/h19-21H,6-18H2,1-5H3,(H,25,26). The Hall–Kier alpha value is -1.34. The van der Waals surface area contributed by atoms with Gasteiger partial charge in [-0.1, -0.05) is 20.8 Å². The molecule has 3 heterocycles. The van der Waals surface area contributed by atoms with E-state index < -0.39 is 0 Å². The topological polar surface area (TPSA) is 60.4 Å². The predicted molar refractivity (Wildman–Crippen MR) is 126 cm³/mol. The normalized spacial score (nSPS) is 27.5. The number of hydrogen-bond acceptors (Lipinski definition) is 4. The summed E-state index contributed by atoms with van der Waals surface area (Å²) in [5, 5.41) is 3.50. The minimum atomic E-state index is -0.0216. The number of guanidine groups is 1. The third kappa shape index (κ3) is 6.35. The first-order chi connectivity index (χ1) is 14.8. The Morgan fingerprint density at radius 3 is 2.35 bits per heavy atom. The summed E-state index contributed by atoms with van der Waals surface area (Å²) < 4.78 is 6.15. The fourth-order valence-corrected chi connectivity index (χ4v) is 5.30.